The monoisotopic (exact) mass is 136 g/mol. The van der Waals surface area contributed by atoms with Crippen LogP contribution in [0.3, 0.4) is 0 Å². The number of hydrogen-bond acceptors (Lipinski definition) is 6. The molecule has 0 saturated heterocycles. The fourth-order valence-electron chi connectivity index (χ4n) is 0. The van der Waals surface area contributed by atoms with Crippen LogP contribution in [0.25, 0.3) is 2.86 Å². The van der Waals surface area contributed by atoms with E-state index >= 15 is 0 Å². The van der Waals surface area contributed by atoms with Gasteiger partial charge in [-0.1, -0.05) is 0 Å². The number of rotatable bonds is 3. The SMILES string of the molecule is [2H]N([2H])N([2H])[2H].[2H]OS(=O)(=O)O[2H]. The Labute approximate surface area is 49.5 Å². The fraction of sp³-hybridized carbons (Fsp3) is 0. The molecule has 6 N–H and O–H groups in total. The van der Waals surface area contributed by atoms with Crippen LogP contribution < -0.4 is 11.7 Å². The molecule has 0 heterocycles. The summed E-state index contributed by atoms with van der Waals surface area (Å²) in [6.07, 6.45) is 0. The van der Waals surface area contributed by atoms with Crippen molar-refractivity contribution in [3.63, 3.8) is 0 Å². The lowest BCUT2D eigenvalue weighted by molar-refractivity contribution is 0.381. The van der Waals surface area contributed by atoms with Gasteiger partial charge in [0.2, 0.25) is 2.86 Å². The maximum Gasteiger partial charge on any atom is 0.394 e. The summed E-state index contributed by atoms with van der Waals surface area (Å²) in [7, 11) is -4.32. The van der Waals surface area contributed by atoms with E-state index in [2.05, 4.69) is 9.11 Å². The summed E-state index contributed by atoms with van der Waals surface area (Å²) < 4.78 is 60.6. The molecule has 0 rings (SSSR count). The van der Waals surface area contributed by atoms with Gasteiger partial charge in [-0.25, -0.2) is 0 Å². The summed E-state index contributed by atoms with van der Waals surface area (Å²) in [5, 5.41) is 0. The molecule has 0 aromatic rings. The standard InChI is InChI=1S/H4N2.H2O4S/c1-2;1-5(2,3)4/h1-2H2;(H2,1,2,3,4)/i/hD6. The molecule has 0 atom stereocenters. The first-order valence-corrected chi connectivity index (χ1v) is 2.20. The number of nitrogens with two attached hydrogens (primary N) is 2. The van der Waals surface area contributed by atoms with E-state index in [4.69, 9.17) is 8.51 Å². The molecule has 0 unspecified atom stereocenters. The van der Waals surface area contributed by atoms with Gasteiger partial charge in [0, 0.05) is 0 Å². The second-order valence-electron chi connectivity index (χ2n) is 0.408. The molecule has 0 aliphatic rings. The molecule has 6 nitrogen and oxygen atoms in total. The van der Waals surface area contributed by atoms with Crippen molar-refractivity contribution >= 4 is 10.4 Å². The highest BCUT2D eigenvalue weighted by molar-refractivity contribution is 7.79. The zero-order chi connectivity index (χ0) is 11.1. The molecule has 0 radical (unpaired) electrons. The van der Waals surface area contributed by atoms with E-state index in [-0.39, 0.29) is 11.7 Å². The Morgan fingerprint density at radius 2 is 2.00 bits per heavy atom. The van der Waals surface area contributed by atoms with Gasteiger partial charge in [-0.2, -0.15) is 8.42 Å². The minimum absolute atomic E-state index is 0.167. The van der Waals surface area contributed by atoms with Gasteiger partial charge in [0.25, 0.3) is 0 Å². The molecule has 7 heavy (non-hydrogen) atoms. The lowest BCUT2D eigenvalue weighted by Crippen LogP contribution is -2.02. The summed E-state index contributed by atoms with van der Waals surface area (Å²) in [4.78, 5) is 0. The first kappa shape index (κ1) is 1.96. The highest BCUT2D eigenvalue weighted by Crippen LogP contribution is 1.59. The van der Waals surface area contributed by atoms with Crippen LogP contribution in [-0.4, -0.2) is 17.5 Å². The molecule has 0 fully saturated rings. The van der Waals surface area contributed by atoms with E-state index < -0.39 is 10.4 Å². The van der Waals surface area contributed by atoms with Crippen molar-refractivity contribution in [2.24, 2.45) is 11.7 Å². The van der Waals surface area contributed by atoms with E-state index in [9.17, 15) is 8.42 Å². The molecule has 0 saturated carbocycles. The smallest absolute Gasteiger partial charge is 0.274 e. The molecular formula is H6N2O4S. The maximum absolute atomic E-state index is 9.55. The first-order chi connectivity index (χ1) is 5.76. The second-order valence-corrected chi connectivity index (χ2v) is 1.22. The van der Waals surface area contributed by atoms with E-state index in [1.807, 2.05) is 0 Å². The lowest BCUT2D eigenvalue weighted by atomic mass is 13.0. The van der Waals surface area contributed by atoms with Gasteiger partial charge < -0.3 is 0 Å². The van der Waals surface area contributed by atoms with Gasteiger partial charge >= 0.3 is 10.4 Å². The molecule has 0 amide bonds. The predicted molar refractivity (Wildman–Crippen MR) is 22.6 cm³/mol. The third-order valence-electron chi connectivity index (χ3n) is 0. The average molecular weight is 136 g/mol. The summed E-state index contributed by atoms with van der Waals surface area (Å²) >= 11 is 0. The Balaban J connectivity index is 0. The van der Waals surface area contributed by atoms with E-state index in [1.165, 1.54) is 0 Å². The Morgan fingerprint density at radius 3 is 2.00 bits per heavy atom. The van der Waals surface area contributed by atoms with Crippen LogP contribution >= 0.6 is 0 Å². The highest BCUT2D eigenvalue weighted by atomic mass is 32.3. The largest absolute Gasteiger partial charge is 0.394 e. The van der Waals surface area contributed by atoms with Crippen LogP contribution in [0, 0.1) is 0 Å². The predicted octanol–water partition coefficient (Wildman–Crippen LogP) is -1.83. The van der Waals surface area contributed by atoms with Gasteiger partial charge in [-0.15, -0.1) is 0 Å². The summed E-state index contributed by atoms with van der Waals surface area (Å²) in [5.74, 6) is -0.333. The molecule has 0 aromatic heterocycles. The minimum atomic E-state index is -4.32. The lowest BCUT2D eigenvalue weighted by Gasteiger charge is -1.68. The van der Waals surface area contributed by atoms with Crippen molar-refractivity contribution in [3.05, 3.63) is 0 Å². The third kappa shape index (κ3) is 1890. The Kier molecular flexibility index (Phi) is 1.11. The van der Waals surface area contributed by atoms with Crippen LogP contribution in [0.15, 0.2) is 0 Å². The van der Waals surface area contributed by atoms with Gasteiger partial charge in [0.15, 0.2) is 0 Å². The summed E-state index contributed by atoms with van der Waals surface area (Å²) in [6, 6.07) is 0. The zero-order valence-electron chi connectivity index (χ0n) is 8.94. The summed E-state index contributed by atoms with van der Waals surface area (Å²) in [5.41, 5.74) is 0. The Morgan fingerprint density at radius 1 is 1.57 bits per heavy atom. The van der Waals surface area contributed by atoms with Crippen LogP contribution in [0.2, 0.25) is 5.65 Å². The maximum atomic E-state index is 9.55. The minimum Gasteiger partial charge on any atom is -0.274 e. The van der Waals surface area contributed by atoms with Crippen LogP contribution in [0.4, 0.5) is 0 Å². The first-order valence-electron chi connectivity index (χ1n) is 3.47. The molecule has 7 heteroatoms. The topological polar surface area (TPSA) is 127 Å². The van der Waals surface area contributed by atoms with Crippen LogP contribution in [0.1, 0.15) is 0 Å². The van der Waals surface area contributed by atoms with E-state index in [0.29, 0.717) is 0 Å². The molecule has 0 aliphatic carbocycles. The van der Waals surface area contributed by atoms with Crippen molar-refractivity contribution in [2.45, 2.75) is 0 Å². The van der Waals surface area contributed by atoms with Crippen LogP contribution in [0.5, 0.6) is 0 Å². The van der Waals surface area contributed by atoms with Gasteiger partial charge in [-0.3, -0.25) is 20.8 Å². The van der Waals surface area contributed by atoms with Crippen molar-refractivity contribution < 1.29 is 23.2 Å². The Hall–Kier alpha value is -0.210. The van der Waals surface area contributed by atoms with E-state index in [0.717, 1.165) is 0 Å². The zero-order valence-corrected chi connectivity index (χ0v) is 3.75. The van der Waals surface area contributed by atoms with Gasteiger partial charge in [0.05, 0.1) is 0 Å². The molecular weight excluding hydrogens is 124 g/mol. The van der Waals surface area contributed by atoms with Crippen LogP contribution in [-0.2, 0) is 10.4 Å². The quantitative estimate of drug-likeness (QED) is 0.205. The van der Waals surface area contributed by atoms with Gasteiger partial charge in [0.1, 0.15) is 5.65 Å². The fourth-order valence-corrected chi connectivity index (χ4v) is 0. The normalized spacial score (nSPS) is 22.0. The Bertz CT molecular complexity index is 185. The van der Waals surface area contributed by atoms with Gasteiger partial charge in [-0.05, 0) is 0 Å². The third-order valence-corrected chi connectivity index (χ3v) is 0. The van der Waals surface area contributed by atoms with Crippen molar-refractivity contribution in [2.75, 3.05) is 0 Å². The molecule has 46 valence electrons. The molecule has 0 aromatic carbocycles. The van der Waals surface area contributed by atoms with Crippen molar-refractivity contribution in [1.29, 1.82) is 2.86 Å². The highest BCUT2D eigenvalue weighted by Gasteiger charge is 1.84. The summed E-state index contributed by atoms with van der Waals surface area (Å²) in [6.45, 7) is 0. The van der Waals surface area contributed by atoms with Crippen molar-refractivity contribution in [3.8, 4) is 0 Å². The van der Waals surface area contributed by atoms with E-state index in [1.54, 1.807) is 0 Å². The second kappa shape index (κ2) is 3.96. The molecule has 0 aliphatic heterocycles. The molecule has 0 bridgehead atoms. The molecule has 0 spiro atoms. The number of hydrazine groups is 1. The average Bonchev–Trinajstić information content (AvgIpc) is 2.05. The van der Waals surface area contributed by atoms with Crippen molar-refractivity contribution in [1.82, 2.24) is 0 Å². The number of hydrogen-bond donors (Lipinski definition) is 4.